The summed E-state index contributed by atoms with van der Waals surface area (Å²) in [4.78, 5) is 6.93. The Hall–Kier alpha value is -1.46. The average Bonchev–Trinajstić information content (AvgIpc) is 2.93. The molecule has 2 rings (SSSR count). The topological polar surface area (TPSA) is 41.0 Å². The number of aromatic nitrogens is 2. The van der Waals surface area contributed by atoms with Gasteiger partial charge in [-0.25, -0.2) is 4.98 Å². The lowest BCUT2D eigenvalue weighted by molar-refractivity contribution is 0.686. The molecule has 0 bridgehead atoms. The SMILES string of the molecule is CCNCCN(CC)c1nc(Cc2ccccc2)ns1. The van der Waals surface area contributed by atoms with E-state index in [1.165, 1.54) is 17.1 Å². The first-order valence-corrected chi connectivity index (χ1v) is 7.93. The Labute approximate surface area is 125 Å². The molecular weight excluding hydrogens is 268 g/mol. The van der Waals surface area contributed by atoms with E-state index in [0.717, 1.165) is 43.6 Å². The van der Waals surface area contributed by atoms with Gasteiger partial charge in [-0.05, 0) is 19.0 Å². The summed E-state index contributed by atoms with van der Waals surface area (Å²) in [5.41, 5.74) is 1.26. The van der Waals surface area contributed by atoms with E-state index in [2.05, 4.69) is 57.7 Å². The third kappa shape index (κ3) is 4.28. The van der Waals surface area contributed by atoms with Crippen molar-refractivity contribution in [1.29, 1.82) is 0 Å². The summed E-state index contributed by atoms with van der Waals surface area (Å²) in [7, 11) is 0. The summed E-state index contributed by atoms with van der Waals surface area (Å²) in [6.45, 7) is 8.21. The van der Waals surface area contributed by atoms with Crippen molar-refractivity contribution in [2.24, 2.45) is 0 Å². The Balaban J connectivity index is 1.96. The maximum absolute atomic E-state index is 4.66. The lowest BCUT2D eigenvalue weighted by Gasteiger charge is -2.18. The fourth-order valence-electron chi connectivity index (χ4n) is 2.00. The molecule has 1 aromatic carbocycles. The van der Waals surface area contributed by atoms with Crippen molar-refractivity contribution in [3.05, 3.63) is 41.7 Å². The Morgan fingerprint density at radius 2 is 2.00 bits per heavy atom. The van der Waals surface area contributed by atoms with Crippen molar-refractivity contribution < 1.29 is 0 Å². The third-order valence-corrected chi connectivity index (χ3v) is 3.94. The maximum atomic E-state index is 4.66. The summed E-state index contributed by atoms with van der Waals surface area (Å²) in [6, 6.07) is 10.4. The van der Waals surface area contributed by atoms with E-state index in [4.69, 9.17) is 0 Å². The van der Waals surface area contributed by atoms with E-state index in [-0.39, 0.29) is 0 Å². The number of hydrogen-bond donors (Lipinski definition) is 1. The first kappa shape index (κ1) is 14.9. The molecule has 0 aliphatic carbocycles. The lowest BCUT2D eigenvalue weighted by Crippen LogP contribution is -2.31. The Morgan fingerprint density at radius 3 is 2.70 bits per heavy atom. The first-order chi connectivity index (χ1) is 9.83. The highest BCUT2D eigenvalue weighted by Gasteiger charge is 2.10. The molecule has 0 unspecified atom stereocenters. The van der Waals surface area contributed by atoms with E-state index >= 15 is 0 Å². The highest BCUT2D eigenvalue weighted by molar-refractivity contribution is 7.09. The molecule has 0 saturated carbocycles. The minimum Gasteiger partial charge on any atom is -0.346 e. The Bertz CT molecular complexity index is 498. The van der Waals surface area contributed by atoms with Gasteiger partial charge in [0.25, 0.3) is 0 Å². The summed E-state index contributed by atoms with van der Waals surface area (Å²) in [6.07, 6.45) is 0.808. The van der Waals surface area contributed by atoms with Gasteiger partial charge >= 0.3 is 0 Å². The lowest BCUT2D eigenvalue weighted by atomic mass is 10.1. The minimum atomic E-state index is 0.808. The van der Waals surface area contributed by atoms with Crippen LogP contribution in [0.4, 0.5) is 5.13 Å². The van der Waals surface area contributed by atoms with Crippen LogP contribution in [0.5, 0.6) is 0 Å². The smallest absolute Gasteiger partial charge is 0.205 e. The van der Waals surface area contributed by atoms with E-state index in [0.29, 0.717) is 0 Å². The zero-order valence-electron chi connectivity index (χ0n) is 12.2. The largest absolute Gasteiger partial charge is 0.346 e. The third-order valence-electron chi connectivity index (χ3n) is 3.12. The molecule has 2 aromatic rings. The van der Waals surface area contributed by atoms with Crippen LogP contribution in [0.25, 0.3) is 0 Å². The fraction of sp³-hybridized carbons (Fsp3) is 0.467. The summed E-state index contributed by atoms with van der Waals surface area (Å²) < 4.78 is 4.48. The van der Waals surface area contributed by atoms with Crippen molar-refractivity contribution in [3.8, 4) is 0 Å². The molecule has 1 aromatic heterocycles. The van der Waals surface area contributed by atoms with Crippen LogP contribution in [0.2, 0.25) is 0 Å². The van der Waals surface area contributed by atoms with Crippen LogP contribution in [0, 0.1) is 0 Å². The monoisotopic (exact) mass is 290 g/mol. The molecule has 4 nitrogen and oxygen atoms in total. The second kappa shape index (κ2) is 7.97. The second-order valence-electron chi connectivity index (χ2n) is 4.59. The van der Waals surface area contributed by atoms with Crippen molar-refractivity contribution >= 4 is 16.7 Å². The highest BCUT2D eigenvalue weighted by Crippen LogP contribution is 2.18. The van der Waals surface area contributed by atoms with Gasteiger partial charge in [-0.15, -0.1) is 0 Å². The molecule has 0 saturated heterocycles. The van der Waals surface area contributed by atoms with Gasteiger partial charge in [0.1, 0.15) is 5.82 Å². The number of anilines is 1. The molecule has 0 amide bonds. The van der Waals surface area contributed by atoms with Gasteiger partial charge in [0.2, 0.25) is 5.13 Å². The van der Waals surface area contributed by atoms with Gasteiger partial charge in [0.15, 0.2) is 0 Å². The molecule has 108 valence electrons. The first-order valence-electron chi connectivity index (χ1n) is 7.15. The molecule has 0 atom stereocenters. The fourth-order valence-corrected chi connectivity index (χ4v) is 2.78. The normalized spacial score (nSPS) is 10.7. The van der Waals surface area contributed by atoms with E-state index in [1.54, 1.807) is 0 Å². The van der Waals surface area contributed by atoms with Crippen LogP contribution in [0.3, 0.4) is 0 Å². The number of rotatable bonds is 8. The molecular formula is C15H22N4S. The van der Waals surface area contributed by atoms with Crippen LogP contribution in [0.1, 0.15) is 25.2 Å². The summed E-state index contributed by atoms with van der Waals surface area (Å²) in [5, 5.41) is 4.37. The molecule has 0 aliphatic rings. The van der Waals surface area contributed by atoms with Crippen molar-refractivity contribution in [2.75, 3.05) is 31.1 Å². The number of likely N-dealkylation sites (N-methyl/N-ethyl adjacent to an activating group) is 2. The van der Waals surface area contributed by atoms with E-state index in [1.807, 2.05) is 6.07 Å². The molecule has 5 heteroatoms. The van der Waals surface area contributed by atoms with E-state index < -0.39 is 0 Å². The van der Waals surface area contributed by atoms with Crippen LogP contribution < -0.4 is 10.2 Å². The van der Waals surface area contributed by atoms with Gasteiger partial charge in [-0.1, -0.05) is 37.3 Å². The van der Waals surface area contributed by atoms with Crippen LogP contribution in [0.15, 0.2) is 30.3 Å². The van der Waals surface area contributed by atoms with Crippen molar-refractivity contribution in [2.45, 2.75) is 20.3 Å². The van der Waals surface area contributed by atoms with Gasteiger partial charge in [0, 0.05) is 37.6 Å². The standard InChI is InChI=1S/C15H22N4S/c1-3-16-10-11-19(4-2)15-17-14(18-20-15)12-13-8-6-5-7-9-13/h5-9,16H,3-4,10-12H2,1-2H3. The van der Waals surface area contributed by atoms with Gasteiger partial charge < -0.3 is 10.2 Å². The predicted molar refractivity (Wildman–Crippen MR) is 85.6 cm³/mol. The van der Waals surface area contributed by atoms with Gasteiger partial charge in [0.05, 0.1) is 0 Å². The Kier molecular flexibility index (Phi) is 5.95. The molecule has 0 fully saturated rings. The number of benzene rings is 1. The van der Waals surface area contributed by atoms with Crippen LogP contribution >= 0.6 is 11.5 Å². The van der Waals surface area contributed by atoms with E-state index in [9.17, 15) is 0 Å². The maximum Gasteiger partial charge on any atom is 0.205 e. The van der Waals surface area contributed by atoms with Crippen molar-refractivity contribution in [3.63, 3.8) is 0 Å². The molecule has 1 N–H and O–H groups in total. The molecule has 0 spiro atoms. The van der Waals surface area contributed by atoms with Gasteiger partial charge in [-0.3, -0.25) is 0 Å². The molecule has 1 heterocycles. The quantitative estimate of drug-likeness (QED) is 0.759. The van der Waals surface area contributed by atoms with Crippen LogP contribution in [-0.4, -0.2) is 35.5 Å². The highest BCUT2D eigenvalue weighted by atomic mass is 32.1. The molecule has 0 radical (unpaired) electrons. The summed E-state index contributed by atoms with van der Waals surface area (Å²) >= 11 is 1.50. The molecule has 20 heavy (non-hydrogen) atoms. The van der Waals surface area contributed by atoms with Crippen LogP contribution in [-0.2, 0) is 6.42 Å². The zero-order chi connectivity index (χ0) is 14.2. The number of nitrogens with one attached hydrogen (secondary N) is 1. The second-order valence-corrected chi connectivity index (χ2v) is 5.32. The molecule has 0 aliphatic heterocycles. The summed E-state index contributed by atoms with van der Waals surface area (Å²) in [5.74, 6) is 0.915. The van der Waals surface area contributed by atoms with Crippen molar-refractivity contribution in [1.82, 2.24) is 14.7 Å². The number of hydrogen-bond acceptors (Lipinski definition) is 5. The zero-order valence-corrected chi connectivity index (χ0v) is 13.0. The van der Waals surface area contributed by atoms with Gasteiger partial charge in [-0.2, -0.15) is 4.37 Å². The Morgan fingerprint density at radius 1 is 1.20 bits per heavy atom. The predicted octanol–water partition coefficient (Wildman–Crippen LogP) is 2.56. The average molecular weight is 290 g/mol. The number of nitrogens with zero attached hydrogens (tertiary/aromatic N) is 3. The minimum absolute atomic E-state index is 0.808.